The van der Waals surface area contributed by atoms with Gasteiger partial charge in [-0.15, -0.1) is 5.10 Å². The molecule has 29 heavy (non-hydrogen) atoms. The Morgan fingerprint density at radius 2 is 1.86 bits per heavy atom. The second-order valence-corrected chi connectivity index (χ2v) is 10.5. The highest BCUT2D eigenvalue weighted by Gasteiger charge is 2.53. The van der Waals surface area contributed by atoms with Gasteiger partial charge in [0, 0.05) is 6.04 Å². The summed E-state index contributed by atoms with van der Waals surface area (Å²) in [6.07, 6.45) is 8.20. The molecule has 0 spiro atoms. The van der Waals surface area contributed by atoms with Gasteiger partial charge >= 0.3 is 0 Å². The zero-order valence-corrected chi connectivity index (χ0v) is 18.0. The molecule has 1 aromatic carbocycles. The molecule has 4 aliphatic rings. The molecule has 0 unspecified atom stereocenters. The molecule has 1 aromatic heterocycles. The van der Waals surface area contributed by atoms with E-state index >= 15 is 0 Å². The molecular formula is C22H29N5OS. The zero-order chi connectivity index (χ0) is 20.0. The van der Waals surface area contributed by atoms with Gasteiger partial charge in [-0.1, -0.05) is 30.0 Å². The molecular weight excluding hydrogens is 382 g/mol. The molecule has 0 saturated heterocycles. The fourth-order valence-corrected chi connectivity index (χ4v) is 7.19. The topological polar surface area (TPSA) is 72.7 Å². The molecule has 1 atom stereocenters. The maximum atomic E-state index is 12.7. The van der Waals surface area contributed by atoms with Crippen LogP contribution >= 0.6 is 11.8 Å². The first kappa shape index (κ1) is 19.1. The van der Waals surface area contributed by atoms with Gasteiger partial charge in [-0.25, -0.2) is 0 Å². The summed E-state index contributed by atoms with van der Waals surface area (Å²) >= 11 is 1.40. The van der Waals surface area contributed by atoms with Gasteiger partial charge < -0.3 is 5.32 Å². The van der Waals surface area contributed by atoms with Crippen LogP contribution in [-0.2, 0) is 4.79 Å². The second kappa shape index (κ2) is 7.42. The van der Waals surface area contributed by atoms with Crippen LogP contribution in [0.3, 0.4) is 0 Å². The van der Waals surface area contributed by atoms with Crippen LogP contribution in [0.1, 0.15) is 51.0 Å². The number of aryl methyl sites for hydroxylation is 1. The second-order valence-electron chi connectivity index (χ2n) is 9.52. The predicted octanol–water partition coefficient (Wildman–Crippen LogP) is 3.78. The van der Waals surface area contributed by atoms with E-state index in [0.29, 0.717) is 16.3 Å². The van der Waals surface area contributed by atoms with Crippen molar-refractivity contribution < 1.29 is 4.79 Å². The summed E-state index contributed by atoms with van der Waals surface area (Å²) in [5.41, 5.74) is 2.38. The van der Waals surface area contributed by atoms with Crippen LogP contribution < -0.4 is 5.32 Å². The number of tetrazole rings is 1. The molecule has 6 nitrogen and oxygen atoms in total. The fraction of sp³-hybridized carbons (Fsp3) is 0.636. The lowest BCUT2D eigenvalue weighted by molar-refractivity contribution is -0.123. The molecule has 0 radical (unpaired) electrons. The Labute approximate surface area is 176 Å². The minimum atomic E-state index is 0.0811. The third-order valence-electron chi connectivity index (χ3n) is 7.50. The third kappa shape index (κ3) is 3.58. The molecule has 7 heteroatoms. The number of benzene rings is 1. The van der Waals surface area contributed by atoms with E-state index in [1.807, 2.05) is 31.2 Å². The molecule has 4 aliphatic carbocycles. The van der Waals surface area contributed by atoms with E-state index < -0.39 is 0 Å². The van der Waals surface area contributed by atoms with Crippen LogP contribution in [0.15, 0.2) is 29.4 Å². The van der Waals surface area contributed by atoms with E-state index in [4.69, 9.17) is 0 Å². The SMILES string of the molecule is Cc1ccccc1-n1nnnc1SCC(=O)N[C@@H](C)C12CC3CC(CC(C3)C1)C2. The molecule has 4 saturated carbocycles. The number of carbonyl (C=O) groups is 1. The average molecular weight is 412 g/mol. The van der Waals surface area contributed by atoms with E-state index in [2.05, 4.69) is 27.8 Å². The van der Waals surface area contributed by atoms with Crippen molar-refractivity contribution in [2.24, 2.45) is 23.2 Å². The Kier molecular flexibility index (Phi) is 4.88. The van der Waals surface area contributed by atoms with E-state index in [9.17, 15) is 4.79 Å². The van der Waals surface area contributed by atoms with E-state index in [-0.39, 0.29) is 11.9 Å². The van der Waals surface area contributed by atoms with Crippen LogP contribution in [0.2, 0.25) is 0 Å². The maximum absolute atomic E-state index is 12.7. The first-order valence-corrected chi connectivity index (χ1v) is 11.8. The molecule has 4 bridgehead atoms. The van der Waals surface area contributed by atoms with Crippen LogP contribution in [0.25, 0.3) is 5.69 Å². The molecule has 1 amide bonds. The molecule has 0 aliphatic heterocycles. The number of nitrogens with zero attached hydrogens (tertiary/aromatic N) is 4. The summed E-state index contributed by atoms with van der Waals surface area (Å²) in [5.74, 6) is 3.11. The molecule has 6 rings (SSSR count). The quantitative estimate of drug-likeness (QED) is 0.732. The van der Waals surface area contributed by atoms with Crippen molar-refractivity contribution in [2.45, 2.75) is 63.6 Å². The summed E-state index contributed by atoms with van der Waals surface area (Å²) in [5, 5.41) is 16.0. The first-order valence-electron chi connectivity index (χ1n) is 10.8. The van der Waals surface area contributed by atoms with Gasteiger partial charge in [-0.3, -0.25) is 4.79 Å². The molecule has 1 heterocycles. The fourth-order valence-electron chi connectivity index (χ4n) is 6.50. The summed E-state index contributed by atoms with van der Waals surface area (Å²) in [7, 11) is 0. The van der Waals surface area contributed by atoms with Gasteiger partial charge in [-0.2, -0.15) is 4.68 Å². The van der Waals surface area contributed by atoms with Crippen molar-refractivity contribution in [3.8, 4) is 5.69 Å². The third-order valence-corrected chi connectivity index (χ3v) is 8.42. The number of hydrogen-bond donors (Lipinski definition) is 1. The predicted molar refractivity (Wildman–Crippen MR) is 113 cm³/mol. The standard InChI is InChI=1S/C22H29N5OS/c1-14-5-3-4-6-19(14)27-21(24-25-26-27)29-13-20(28)23-15(2)22-10-16-7-17(11-22)9-18(8-16)12-22/h3-6,15-18H,7-13H2,1-2H3,(H,23,28)/t15-,16?,17?,18?,22?/m0/s1. The van der Waals surface area contributed by atoms with Crippen molar-refractivity contribution >= 4 is 17.7 Å². The van der Waals surface area contributed by atoms with Gasteiger partial charge in [0.1, 0.15) is 0 Å². The number of rotatable bonds is 6. The lowest BCUT2D eigenvalue weighted by Crippen LogP contribution is -2.56. The Bertz CT molecular complexity index is 875. The van der Waals surface area contributed by atoms with Gasteiger partial charge in [0.05, 0.1) is 11.4 Å². The average Bonchev–Trinajstić information content (AvgIpc) is 3.14. The minimum Gasteiger partial charge on any atom is -0.352 e. The molecule has 2 aromatic rings. The van der Waals surface area contributed by atoms with Crippen molar-refractivity contribution in [1.29, 1.82) is 0 Å². The van der Waals surface area contributed by atoms with Crippen molar-refractivity contribution in [3.63, 3.8) is 0 Å². The largest absolute Gasteiger partial charge is 0.352 e. The molecule has 4 fully saturated rings. The lowest BCUT2D eigenvalue weighted by atomic mass is 9.48. The van der Waals surface area contributed by atoms with Crippen molar-refractivity contribution in [2.75, 3.05) is 5.75 Å². The Morgan fingerprint density at radius 3 is 2.52 bits per heavy atom. The van der Waals surface area contributed by atoms with E-state index in [0.717, 1.165) is 29.0 Å². The Hall–Kier alpha value is -1.89. The zero-order valence-electron chi connectivity index (χ0n) is 17.2. The number of thioether (sulfide) groups is 1. The monoisotopic (exact) mass is 411 g/mol. The first-order chi connectivity index (χ1) is 14.0. The number of carbonyl (C=O) groups excluding carboxylic acids is 1. The number of amides is 1. The Morgan fingerprint density at radius 1 is 1.21 bits per heavy atom. The Balaban J connectivity index is 1.22. The van der Waals surface area contributed by atoms with Crippen molar-refractivity contribution in [1.82, 2.24) is 25.5 Å². The summed E-state index contributed by atoms with van der Waals surface area (Å²) in [4.78, 5) is 12.7. The van der Waals surface area contributed by atoms with Gasteiger partial charge in [0.15, 0.2) is 0 Å². The van der Waals surface area contributed by atoms with E-state index in [1.54, 1.807) is 4.68 Å². The van der Waals surface area contributed by atoms with E-state index in [1.165, 1.54) is 50.3 Å². The number of nitrogens with one attached hydrogen (secondary N) is 1. The highest BCUT2D eigenvalue weighted by molar-refractivity contribution is 7.99. The highest BCUT2D eigenvalue weighted by Crippen LogP contribution is 2.61. The van der Waals surface area contributed by atoms with Gasteiger partial charge in [0.25, 0.3) is 0 Å². The summed E-state index contributed by atoms with van der Waals surface area (Å²) in [6.45, 7) is 4.26. The normalized spacial score (nSPS) is 31.0. The molecule has 154 valence electrons. The highest BCUT2D eigenvalue weighted by atomic mass is 32.2. The number of aromatic nitrogens is 4. The summed E-state index contributed by atoms with van der Waals surface area (Å²) in [6, 6.07) is 8.24. The van der Waals surface area contributed by atoms with Crippen LogP contribution in [0.4, 0.5) is 0 Å². The van der Waals surface area contributed by atoms with Gasteiger partial charge in [-0.05, 0) is 97.6 Å². The van der Waals surface area contributed by atoms with Gasteiger partial charge in [0.2, 0.25) is 11.1 Å². The van der Waals surface area contributed by atoms with Crippen LogP contribution in [0.5, 0.6) is 0 Å². The maximum Gasteiger partial charge on any atom is 0.230 e. The van der Waals surface area contributed by atoms with Crippen LogP contribution in [0, 0.1) is 30.1 Å². The number of hydrogen-bond acceptors (Lipinski definition) is 5. The summed E-state index contributed by atoms with van der Waals surface area (Å²) < 4.78 is 1.72. The lowest BCUT2D eigenvalue weighted by Gasteiger charge is -2.59. The smallest absolute Gasteiger partial charge is 0.230 e. The number of para-hydroxylation sites is 1. The van der Waals surface area contributed by atoms with Crippen molar-refractivity contribution in [3.05, 3.63) is 29.8 Å². The minimum absolute atomic E-state index is 0.0811. The van der Waals surface area contributed by atoms with Crippen LogP contribution in [-0.4, -0.2) is 37.9 Å². The molecule has 1 N–H and O–H groups in total.